The third-order valence-electron chi connectivity index (χ3n) is 3.99. The smallest absolute Gasteiger partial charge is 0.292 e. The van der Waals surface area contributed by atoms with E-state index in [4.69, 9.17) is 0 Å². The molecule has 1 aliphatic rings. The van der Waals surface area contributed by atoms with Crippen LogP contribution in [0.3, 0.4) is 0 Å². The molecule has 1 N–H and O–H groups in total. The maximum atomic E-state index is 12.1. The predicted molar refractivity (Wildman–Crippen MR) is 79.9 cm³/mol. The number of hydrogen-bond acceptors (Lipinski definition) is 2. The summed E-state index contributed by atoms with van der Waals surface area (Å²) in [5, 5.41) is 2.87. The Morgan fingerprint density at radius 2 is 1.65 bits per heavy atom. The number of benzene rings is 1. The molecule has 0 radical (unpaired) electrons. The van der Waals surface area contributed by atoms with Crippen LogP contribution in [-0.4, -0.2) is 17.7 Å². The number of hydrogen-bond donors (Lipinski definition) is 1. The summed E-state index contributed by atoms with van der Waals surface area (Å²) in [6.07, 6.45) is 5.50. The molecule has 0 bridgehead atoms. The van der Waals surface area contributed by atoms with Gasteiger partial charge < -0.3 is 5.32 Å². The van der Waals surface area contributed by atoms with Crippen molar-refractivity contribution in [3.8, 4) is 0 Å². The van der Waals surface area contributed by atoms with Crippen molar-refractivity contribution in [2.45, 2.75) is 57.9 Å². The standard InChI is InChI=1S/C17H23NO2/c1-12(2)13-8-10-14(11-9-13)16(19)17(20)18-15-6-4-3-5-7-15/h8-12,15H,3-7H2,1-2H3,(H,18,20). The average Bonchev–Trinajstić information content (AvgIpc) is 2.47. The highest BCUT2D eigenvalue weighted by atomic mass is 16.2. The fourth-order valence-corrected chi connectivity index (χ4v) is 2.65. The number of nitrogens with one attached hydrogen (secondary N) is 1. The van der Waals surface area contributed by atoms with Crippen LogP contribution in [0.5, 0.6) is 0 Å². The van der Waals surface area contributed by atoms with E-state index in [1.54, 1.807) is 12.1 Å². The molecular weight excluding hydrogens is 250 g/mol. The summed E-state index contributed by atoms with van der Waals surface area (Å²) < 4.78 is 0. The van der Waals surface area contributed by atoms with Gasteiger partial charge in [-0.15, -0.1) is 0 Å². The van der Waals surface area contributed by atoms with E-state index in [0.717, 1.165) is 25.7 Å². The quantitative estimate of drug-likeness (QED) is 0.674. The molecule has 3 heteroatoms. The molecule has 0 heterocycles. The summed E-state index contributed by atoms with van der Waals surface area (Å²) >= 11 is 0. The molecule has 1 saturated carbocycles. The van der Waals surface area contributed by atoms with Gasteiger partial charge in [0, 0.05) is 11.6 Å². The van der Waals surface area contributed by atoms with Crippen molar-refractivity contribution in [3.05, 3.63) is 35.4 Å². The summed E-state index contributed by atoms with van der Waals surface area (Å²) in [5.74, 6) is -0.463. The highest BCUT2D eigenvalue weighted by Crippen LogP contribution is 2.18. The third kappa shape index (κ3) is 3.69. The van der Waals surface area contributed by atoms with E-state index in [2.05, 4.69) is 19.2 Å². The molecule has 0 unspecified atom stereocenters. The Labute approximate surface area is 120 Å². The molecule has 0 aliphatic heterocycles. The van der Waals surface area contributed by atoms with E-state index in [1.807, 2.05) is 12.1 Å². The molecule has 1 fully saturated rings. The van der Waals surface area contributed by atoms with Crippen LogP contribution >= 0.6 is 0 Å². The summed E-state index contributed by atoms with van der Waals surface area (Å²) in [4.78, 5) is 24.1. The topological polar surface area (TPSA) is 46.2 Å². The van der Waals surface area contributed by atoms with E-state index >= 15 is 0 Å². The lowest BCUT2D eigenvalue weighted by atomic mass is 9.95. The lowest BCUT2D eigenvalue weighted by molar-refractivity contribution is -0.117. The van der Waals surface area contributed by atoms with Crippen molar-refractivity contribution in [3.63, 3.8) is 0 Å². The molecule has 20 heavy (non-hydrogen) atoms. The minimum atomic E-state index is -0.464. The summed E-state index contributed by atoms with van der Waals surface area (Å²) in [6, 6.07) is 7.52. The van der Waals surface area contributed by atoms with Crippen molar-refractivity contribution in [1.29, 1.82) is 0 Å². The maximum Gasteiger partial charge on any atom is 0.292 e. The second-order valence-electron chi connectivity index (χ2n) is 5.91. The Balaban J connectivity index is 1.97. The van der Waals surface area contributed by atoms with Gasteiger partial charge in [0.15, 0.2) is 0 Å². The van der Waals surface area contributed by atoms with Gasteiger partial charge in [0.05, 0.1) is 0 Å². The fraction of sp³-hybridized carbons (Fsp3) is 0.529. The summed E-state index contributed by atoms with van der Waals surface area (Å²) in [7, 11) is 0. The molecule has 1 aromatic carbocycles. The average molecular weight is 273 g/mol. The van der Waals surface area contributed by atoms with Crippen LogP contribution in [-0.2, 0) is 4.79 Å². The lowest BCUT2D eigenvalue weighted by Gasteiger charge is -2.22. The molecule has 108 valence electrons. The Morgan fingerprint density at radius 3 is 2.20 bits per heavy atom. The first kappa shape index (κ1) is 14.8. The van der Waals surface area contributed by atoms with Crippen molar-refractivity contribution in [2.75, 3.05) is 0 Å². The van der Waals surface area contributed by atoms with Gasteiger partial charge in [0.2, 0.25) is 5.78 Å². The molecule has 0 atom stereocenters. The van der Waals surface area contributed by atoms with Crippen LogP contribution in [0.15, 0.2) is 24.3 Å². The van der Waals surface area contributed by atoms with Gasteiger partial charge in [-0.05, 0) is 24.3 Å². The largest absolute Gasteiger partial charge is 0.346 e. The highest BCUT2D eigenvalue weighted by Gasteiger charge is 2.21. The van der Waals surface area contributed by atoms with Gasteiger partial charge in [0.25, 0.3) is 5.91 Å². The molecule has 1 aromatic rings. The second kappa shape index (κ2) is 6.69. The second-order valence-corrected chi connectivity index (χ2v) is 5.91. The molecule has 0 saturated heterocycles. The lowest BCUT2D eigenvalue weighted by Crippen LogP contribution is -2.40. The van der Waals surface area contributed by atoms with Crippen molar-refractivity contribution < 1.29 is 9.59 Å². The van der Waals surface area contributed by atoms with Crippen LogP contribution in [0, 0.1) is 0 Å². The Hall–Kier alpha value is -1.64. The molecule has 1 aliphatic carbocycles. The van der Waals surface area contributed by atoms with E-state index in [9.17, 15) is 9.59 Å². The van der Waals surface area contributed by atoms with Crippen molar-refractivity contribution in [1.82, 2.24) is 5.32 Å². The Bertz CT molecular complexity index is 470. The number of carbonyl (C=O) groups excluding carboxylic acids is 2. The Morgan fingerprint density at radius 1 is 1.05 bits per heavy atom. The number of Topliss-reactive ketones (excluding diaryl/α,β-unsaturated/α-hetero) is 1. The van der Waals surface area contributed by atoms with E-state index in [1.165, 1.54) is 12.0 Å². The van der Waals surface area contributed by atoms with Crippen LogP contribution in [0.1, 0.15) is 67.8 Å². The van der Waals surface area contributed by atoms with Gasteiger partial charge in [0.1, 0.15) is 0 Å². The summed E-state index contributed by atoms with van der Waals surface area (Å²) in [6.45, 7) is 4.21. The molecule has 0 aromatic heterocycles. The minimum absolute atomic E-state index is 0.176. The maximum absolute atomic E-state index is 12.1. The van der Waals surface area contributed by atoms with Crippen LogP contribution < -0.4 is 5.32 Å². The van der Waals surface area contributed by atoms with Crippen LogP contribution in [0.2, 0.25) is 0 Å². The predicted octanol–water partition coefficient (Wildman–Crippen LogP) is 3.44. The molecule has 3 nitrogen and oxygen atoms in total. The minimum Gasteiger partial charge on any atom is -0.346 e. The highest BCUT2D eigenvalue weighted by molar-refractivity contribution is 6.42. The van der Waals surface area contributed by atoms with E-state index in [0.29, 0.717) is 11.5 Å². The van der Waals surface area contributed by atoms with E-state index in [-0.39, 0.29) is 6.04 Å². The number of carbonyl (C=O) groups is 2. The zero-order valence-corrected chi connectivity index (χ0v) is 12.3. The monoisotopic (exact) mass is 273 g/mol. The number of amides is 1. The normalized spacial score (nSPS) is 16.1. The first-order valence-electron chi connectivity index (χ1n) is 7.53. The van der Waals surface area contributed by atoms with Gasteiger partial charge in [-0.3, -0.25) is 9.59 Å². The molecular formula is C17H23NO2. The number of rotatable bonds is 4. The molecule has 2 rings (SSSR count). The van der Waals surface area contributed by atoms with E-state index < -0.39 is 11.7 Å². The Kier molecular flexibility index (Phi) is 4.94. The number of ketones is 1. The van der Waals surface area contributed by atoms with Crippen LogP contribution in [0.4, 0.5) is 0 Å². The van der Waals surface area contributed by atoms with Crippen molar-refractivity contribution in [2.24, 2.45) is 0 Å². The van der Waals surface area contributed by atoms with Crippen molar-refractivity contribution >= 4 is 11.7 Å². The third-order valence-corrected chi connectivity index (χ3v) is 3.99. The zero-order valence-electron chi connectivity index (χ0n) is 12.3. The van der Waals surface area contributed by atoms with Gasteiger partial charge >= 0.3 is 0 Å². The van der Waals surface area contributed by atoms with Gasteiger partial charge in [-0.25, -0.2) is 0 Å². The van der Waals surface area contributed by atoms with Gasteiger partial charge in [-0.1, -0.05) is 57.4 Å². The first-order chi connectivity index (χ1) is 9.58. The first-order valence-corrected chi connectivity index (χ1v) is 7.53. The fourth-order valence-electron chi connectivity index (χ4n) is 2.65. The molecule has 0 spiro atoms. The zero-order chi connectivity index (χ0) is 14.5. The SMILES string of the molecule is CC(C)c1ccc(C(=O)C(=O)NC2CCCCC2)cc1. The van der Waals surface area contributed by atoms with Gasteiger partial charge in [-0.2, -0.15) is 0 Å². The molecule has 1 amide bonds. The summed E-state index contributed by atoms with van der Waals surface area (Å²) in [5.41, 5.74) is 1.65. The van der Waals surface area contributed by atoms with Crippen LogP contribution in [0.25, 0.3) is 0 Å².